The molecule has 0 amide bonds. The fraction of sp³-hybridized carbons (Fsp3) is 0.758. The average molecular weight is 766 g/mol. The third-order valence-electron chi connectivity index (χ3n) is 7.34. The maximum Gasteiger partial charge on any atom is 0.319 e. The molecule has 7 atom stereocenters. The summed E-state index contributed by atoms with van der Waals surface area (Å²) in [5.74, 6) is -7.75. The molecule has 50 heavy (non-hydrogen) atoms. The molecule has 2 N–H and O–H groups in total. The van der Waals surface area contributed by atoms with Crippen LogP contribution >= 0.6 is 35.7 Å². The number of aliphatic carboxylic acids is 1. The van der Waals surface area contributed by atoms with Crippen LogP contribution in [-0.4, -0.2) is 105 Å². The van der Waals surface area contributed by atoms with Crippen molar-refractivity contribution < 1.29 is 62.7 Å². The van der Waals surface area contributed by atoms with E-state index in [1.54, 1.807) is 13.8 Å². The van der Waals surface area contributed by atoms with Crippen LogP contribution in [0.15, 0.2) is 0 Å². The smallest absolute Gasteiger partial charge is 0.319 e. The van der Waals surface area contributed by atoms with Gasteiger partial charge in [-0.3, -0.25) is 28.8 Å². The summed E-state index contributed by atoms with van der Waals surface area (Å²) in [7, 11) is 1.17. The Morgan fingerprint density at radius 2 is 1.48 bits per heavy atom. The molecule has 0 aromatic heterocycles. The van der Waals surface area contributed by atoms with Crippen LogP contribution in [0.4, 0.5) is 0 Å². The minimum absolute atomic E-state index is 0.0178. The van der Waals surface area contributed by atoms with E-state index in [1.165, 1.54) is 39.6 Å². The number of carbonyl (C=O) groups excluding carboxylic acids is 5. The van der Waals surface area contributed by atoms with E-state index in [4.69, 9.17) is 47.6 Å². The summed E-state index contributed by atoms with van der Waals surface area (Å²) >= 11 is 7.80. The number of thioether (sulfide) groups is 2. The number of esters is 5. The molecule has 0 fully saturated rings. The molecule has 284 valence electrons. The quantitative estimate of drug-likeness (QED) is 0.0598. The molecule has 0 radical (unpaired) electrons. The molecule has 0 aliphatic carbocycles. The molecule has 14 nitrogen and oxygen atoms in total. The number of methoxy groups -OCH3 is 1. The van der Waals surface area contributed by atoms with Crippen molar-refractivity contribution in [2.75, 3.05) is 32.7 Å². The Kier molecular flexibility index (Phi) is 23.6. The highest BCUT2D eigenvalue weighted by Crippen LogP contribution is 2.35. The van der Waals surface area contributed by atoms with Crippen molar-refractivity contribution in [1.82, 2.24) is 0 Å². The van der Waals surface area contributed by atoms with Crippen molar-refractivity contribution >= 4 is 75.1 Å². The number of nitrogens with zero attached hydrogens (tertiary/aromatic N) is 1. The number of thiocarbonyl (C=S) groups is 1. The molecule has 7 unspecified atom stereocenters. The first-order chi connectivity index (χ1) is 23.4. The van der Waals surface area contributed by atoms with Crippen LogP contribution in [-0.2, 0) is 52.5 Å². The van der Waals surface area contributed by atoms with E-state index in [9.17, 15) is 33.9 Å². The molecule has 17 heteroatoms. The number of carbonyl (C=O) groups is 6. The van der Waals surface area contributed by atoms with Crippen LogP contribution in [0.2, 0.25) is 0 Å². The fourth-order valence-corrected chi connectivity index (χ4v) is 7.13. The van der Waals surface area contributed by atoms with E-state index in [0.717, 1.165) is 18.2 Å². The van der Waals surface area contributed by atoms with Gasteiger partial charge in [0, 0.05) is 26.7 Å². The van der Waals surface area contributed by atoms with Crippen LogP contribution in [0, 0.1) is 24.3 Å². The van der Waals surface area contributed by atoms with Crippen molar-refractivity contribution in [2.24, 2.45) is 17.8 Å². The van der Waals surface area contributed by atoms with Gasteiger partial charge in [0.05, 0.1) is 37.4 Å². The predicted octanol–water partition coefficient (Wildman–Crippen LogP) is 4.62. The fourth-order valence-electron chi connectivity index (χ4n) is 4.57. The van der Waals surface area contributed by atoms with Gasteiger partial charge < -0.3 is 38.7 Å². The van der Waals surface area contributed by atoms with E-state index >= 15 is 0 Å². The number of rotatable bonds is 24. The summed E-state index contributed by atoms with van der Waals surface area (Å²) < 4.78 is 26.5. The van der Waals surface area contributed by atoms with Gasteiger partial charge in [0.1, 0.15) is 34.7 Å². The van der Waals surface area contributed by atoms with Gasteiger partial charge in [-0.15, -0.1) is 11.8 Å². The van der Waals surface area contributed by atoms with Crippen molar-refractivity contribution in [3.05, 3.63) is 11.4 Å². The molecule has 0 aliphatic rings. The molecule has 0 aliphatic heterocycles. The van der Waals surface area contributed by atoms with E-state index in [0.29, 0.717) is 15.7 Å². The highest BCUT2D eigenvalue weighted by Gasteiger charge is 2.41. The Labute approximate surface area is 308 Å². The monoisotopic (exact) mass is 765 g/mol. The van der Waals surface area contributed by atoms with Gasteiger partial charge in [-0.25, -0.2) is 6.57 Å². The number of aliphatic hydroxyl groups excluding tert-OH is 1. The van der Waals surface area contributed by atoms with Crippen molar-refractivity contribution in [3.63, 3.8) is 0 Å². The highest BCUT2D eigenvalue weighted by molar-refractivity contribution is 8.47. The van der Waals surface area contributed by atoms with Crippen LogP contribution in [0.1, 0.15) is 86.5 Å². The number of carboxylic acids is 1. The standard InChI is InChI=1S/C33H51NO13S3/c1-9-13-49-32(48)50-26(31(42)46-19-21(4)47-22(5)36)16-24(30(41)45-18-20(3)35)14-23(29(40)44-12-11-27(37)38)15-25(28(39)43-8)17-33(6,10-2)34-7/h20-21,23-26,35H,9-19H2,1-6,8H3,(H,37,38). The lowest BCUT2D eigenvalue weighted by atomic mass is 9.79. The lowest BCUT2D eigenvalue weighted by Gasteiger charge is -2.28. The highest BCUT2D eigenvalue weighted by atomic mass is 32.2. The molecule has 0 spiro atoms. The molecule has 0 saturated carbocycles. The topological polar surface area (TPSA) is 193 Å². The minimum atomic E-state index is -1.21. The predicted molar refractivity (Wildman–Crippen MR) is 191 cm³/mol. The second-order valence-electron chi connectivity index (χ2n) is 12.0. The molecule has 0 aromatic rings. The molecule has 0 saturated heterocycles. The van der Waals surface area contributed by atoms with E-state index < -0.39 is 89.6 Å². The third-order valence-corrected chi connectivity index (χ3v) is 10.3. The maximum absolute atomic E-state index is 13.6. The minimum Gasteiger partial charge on any atom is -0.481 e. The maximum atomic E-state index is 13.6. The average Bonchev–Trinajstić information content (AvgIpc) is 3.05. The molecule has 0 aromatic carbocycles. The number of hydrogen-bond acceptors (Lipinski definition) is 15. The molecule has 0 heterocycles. The lowest BCUT2D eigenvalue weighted by molar-refractivity contribution is -0.158. The van der Waals surface area contributed by atoms with Gasteiger partial charge >= 0.3 is 35.8 Å². The molecular formula is C33H51NO13S3. The zero-order chi connectivity index (χ0) is 38.4. The zero-order valence-corrected chi connectivity index (χ0v) is 32.2. The summed E-state index contributed by atoms with van der Waals surface area (Å²) in [6, 6.07) is 0. The van der Waals surface area contributed by atoms with Crippen LogP contribution in [0.25, 0.3) is 4.85 Å². The number of aliphatic hydroxyl groups is 1. The van der Waals surface area contributed by atoms with E-state index in [2.05, 4.69) is 4.85 Å². The first-order valence-electron chi connectivity index (χ1n) is 16.3. The Morgan fingerprint density at radius 3 is 2.00 bits per heavy atom. The Bertz CT molecular complexity index is 1190. The van der Waals surface area contributed by atoms with Gasteiger partial charge in [0.15, 0.2) is 0 Å². The normalized spacial score (nSPS) is 15.7. The van der Waals surface area contributed by atoms with Crippen LogP contribution in [0.5, 0.6) is 0 Å². The summed E-state index contributed by atoms with van der Waals surface area (Å²) in [6.45, 7) is 16.1. The van der Waals surface area contributed by atoms with Crippen molar-refractivity contribution in [3.8, 4) is 0 Å². The van der Waals surface area contributed by atoms with E-state index in [1.807, 2.05) is 6.92 Å². The SMILES string of the molecule is [C-]#[N+]C(C)(CC)CC(CC(CC(CC(SC(=S)SCCC)C(=O)OCC(C)OC(C)=O)C(=O)OCC(C)O)C(=O)OCCC(=O)O)C(=O)OC. The van der Waals surface area contributed by atoms with Gasteiger partial charge in [-0.1, -0.05) is 37.8 Å². The van der Waals surface area contributed by atoms with Gasteiger partial charge in [-0.05, 0) is 45.3 Å². The third kappa shape index (κ3) is 20.0. The first kappa shape index (κ1) is 47.1. The number of carboxylic acid groups (broad SMARTS) is 1. The lowest BCUT2D eigenvalue weighted by Crippen LogP contribution is -2.36. The second kappa shape index (κ2) is 25.1. The van der Waals surface area contributed by atoms with Crippen LogP contribution in [0.3, 0.4) is 0 Å². The Balaban J connectivity index is 6.78. The zero-order valence-electron chi connectivity index (χ0n) is 29.8. The van der Waals surface area contributed by atoms with Crippen molar-refractivity contribution in [2.45, 2.75) is 109 Å². The van der Waals surface area contributed by atoms with Gasteiger partial charge in [0.2, 0.25) is 5.54 Å². The summed E-state index contributed by atoms with van der Waals surface area (Å²) in [6.07, 6.45) is -1.88. The number of hydrogen-bond donors (Lipinski definition) is 2. The Morgan fingerprint density at radius 1 is 0.900 bits per heavy atom. The molecule has 0 rings (SSSR count). The summed E-state index contributed by atoms with van der Waals surface area (Å²) in [5.41, 5.74) is -0.979. The number of ether oxygens (including phenoxy) is 5. The van der Waals surface area contributed by atoms with Crippen LogP contribution < -0.4 is 0 Å². The largest absolute Gasteiger partial charge is 0.481 e. The van der Waals surface area contributed by atoms with E-state index in [-0.39, 0.29) is 38.9 Å². The van der Waals surface area contributed by atoms with Gasteiger partial charge in [-0.2, -0.15) is 0 Å². The van der Waals surface area contributed by atoms with Crippen molar-refractivity contribution in [1.29, 1.82) is 0 Å². The molecular weight excluding hydrogens is 715 g/mol. The first-order valence-corrected chi connectivity index (χ1v) is 18.6. The second-order valence-corrected chi connectivity index (χ2v) is 15.5. The summed E-state index contributed by atoms with van der Waals surface area (Å²) in [4.78, 5) is 79.6. The Hall–Kier alpha value is -2.94. The summed E-state index contributed by atoms with van der Waals surface area (Å²) in [5, 5.41) is 17.8. The van der Waals surface area contributed by atoms with Gasteiger partial charge in [0.25, 0.3) is 0 Å². The molecule has 0 bridgehead atoms.